The van der Waals surface area contributed by atoms with E-state index < -0.39 is 0 Å². The first kappa shape index (κ1) is 9.29. The zero-order valence-corrected chi connectivity index (χ0v) is 7.51. The van der Waals surface area contributed by atoms with Crippen molar-refractivity contribution in [3.8, 4) is 5.75 Å². The highest BCUT2D eigenvalue weighted by atomic mass is 35.5. The Hall–Kier alpha value is -0.800. The van der Waals surface area contributed by atoms with Gasteiger partial charge in [0.1, 0.15) is 17.5 Å². The van der Waals surface area contributed by atoms with Crippen molar-refractivity contribution >= 4 is 11.6 Å². The maximum atomic E-state index is 8.51. The number of aliphatic hydroxyl groups is 1. The lowest BCUT2D eigenvalue weighted by Gasteiger charge is -2.07. The Labute approximate surface area is 76.0 Å². The molecule has 0 radical (unpaired) electrons. The van der Waals surface area contributed by atoms with E-state index in [1.165, 1.54) is 0 Å². The van der Waals surface area contributed by atoms with Crippen LogP contribution in [-0.2, 0) is 0 Å². The molecule has 66 valence electrons. The third-order valence-corrected chi connectivity index (χ3v) is 1.82. The summed E-state index contributed by atoms with van der Waals surface area (Å²) in [6.45, 7) is 2.10. The summed E-state index contributed by atoms with van der Waals surface area (Å²) in [7, 11) is 0. The Balaban J connectivity index is 2.78. The predicted molar refractivity (Wildman–Crippen MR) is 46.6 cm³/mol. The number of pyridine rings is 1. The molecule has 3 nitrogen and oxygen atoms in total. The van der Waals surface area contributed by atoms with Crippen molar-refractivity contribution < 1.29 is 9.84 Å². The number of aliphatic hydroxyl groups excluding tert-OH is 1. The lowest BCUT2D eigenvalue weighted by atomic mass is 10.3. The molecule has 0 aliphatic rings. The normalized spacial score (nSPS) is 9.92. The van der Waals surface area contributed by atoms with Crippen LogP contribution in [0.5, 0.6) is 5.75 Å². The molecule has 0 aliphatic heterocycles. The van der Waals surface area contributed by atoms with E-state index in [9.17, 15) is 0 Å². The summed E-state index contributed by atoms with van der Waals surface area (Å²) in [6, 6.07) is 1.72. The molecule has 4 heteroatoms. The zero-order valence-electron chi connectivity index (χ0n) is 6.75. The van der Waals surface area contributed by atoms with Crippen LogP contribution in [-0.4, -0.2) is 23.3 Å². The van der Waals surface area contributed by atoms with Gasteiger partial charge in [-0.3, -0.25) is 0 Å². The van der Waals surface area contributed by atoms with Crippen molar-refractivity contribution in [1.29, 1.82) is 0 Å². The van der Waals surface area contributed by atoms with Crippen LogP contribution in [0.25, 0.3) is 0 Å². The largest absolute Gasteiger partial charge is 0.491 e. The first-order valence-corrected chi connectivity index (χ1v) is 3.98. The second-order valence-corrected chi connectivity index (χ2v) is 2.65. The van der Waals surface area contributed by atoms with Gasteiger partial charge in [0.25, 0.3) is 0 Å². The molecule has 1 aromatic heterocycles. The van der Waals surface area contributed by atoms with Crippen molar-refractivity contribution in [2.45, 2.75) is 6.92 Å². The Kier molecular flexibility index (Phi) is 3.31. The van der Waals surface area contributed by atoms with E-state index >= 15 is 0 Å². The molecule has 0 saturated carbocycles. The van der Waals surface area contributed by atoms with Gasteiger partial charge in [-0.1, -0.05) is 11.6 Å². The molecule has 1 N–H and O–H groups in total. The topological polar surface area (TPSA) is 42.4 Å². The molecule has 1 aromatic rings. The first-order chi connectivity index (χ1) is 5.75. The van der Waals surface area contributed by atoms with Gasteiger partial charge >= 0.3 is 0 Å². The van der Waals surface area contributed by atoms with Gasteiger partial charge < -0.3 is 9.84 Å². The maximum Gasteiger partial charge on any atom is 0.135 e. The van der Waals surface area contributed by atoms with Crippen molar-refractivity contribution in [2.24, 2.45) is 0 Å². The van der Waals surface area contributed by atoms with Crippen LogP contribution in [0.3, 0.4) is 0 Å². The summed E-state index contributed by atoms with van der Waals surface area (Å²) in [5, 5.41) is 8.95. The number of halogens is 1. The van der Waals surface area contributed by atoms with Gasteiger partial charge in [0.05, 0.1) is 6.61 Å². The molecule has 0 aromatic carbocycles. The highest BCUT2D eigenvalue weighted by molar-refractivity contribution is 6.30. The second-order valence-electron chi connectivity index (χ2n) is 2.30. The molecule has 12 heavy (non-hydrogen) atoms. The summed E-state index contributed by atoms with van der Waals surface area (Å²) in [6.07, 6.45) is 1.57. The van der Waals surface area contributed by atoms with Crippen LogP contribution < -0.4 is 4.74 Å². The van der Waals surface area contributed by atoms with E-state index in [0.717, 1.165) is 5.56 Å². The molecule has 0 bridgehead atoms. The van der Waals surface area contributed by atoms with Crippen LogP contribution in [0.15, 0.2) is 12.3 Å². The van der Waals surface area contributed by atoms with E-state index in [1.54, 1.807) is 12.3 Å². The standard InChI is InChI=1S/C8H10ClNO2/c1-6-7(12-5-4-11)2-3-10-8(6)9/h2-3,11H,4-5H2,1H3. The van der Waals surface area contributed by atoms with Crippen LogP contribution >= 0.6 is 11.6 Å². The quantitative estimate of drug-likeness (QED) is 0.728. The molecule has 0 aliphatic carbocycles. The van der Waals surface area contributed by atoms with E-state index in [0.29, 0.717) is 10.9 Å². The molecule has 0 unspecified atom stereocenters. The molecular formula is C8H10ClNO2. The SMILES string of the molecule is Cc1c(OCCO)ccnc1Cl. The predicted octanol–water partition coefficient (Wildman–Crippen LogP) is 1.41. The molecular weight excluding hydrogens is 178 g/mol. The molecule has 1 rings (SSSR count). The minimum atomic E-state index is -0.000613. The Morgan fingerprint density at radius 1 is 1.67 bits per heavy atom. The average molecular weight is 188 g/mol. The van der Waals surface area contributed by atoms with Gasteiger partial charge in [0.2, 0.25) is 0 Å². The fourth-order valence-electron chi connectivity index (χ4n) is 0.806. The summed E-state index contributed by atoms with van der Waals surface area (Å²) in [4.78, 5) is 3.87. The zero-order chi connectivity index (χ0) is 8.97. The lowest BCUT2D eigenvalue weighted by Crippen LogP contribution is -2.03. The van der Waals surface area contributed by atoms with Crippen molar-refractivity contribution in [1.82, 2.24) is 4.98 Å². The molecule has 0 saturated heterocycles. The van der Waals surface area contributed by atoms with Crippen molar-refractivity contribution in [3.05, 3.63) is 23.0 Å². The van der Waals surface area contributed by atoms with Crippen LogP contribution in [0.1, 0.15) is 5.56 Å². The van der Waals surface area contributed by atoms with Crippen molar-refractivity contribution in [2.75, 3.05) is 13.2 Å². The van der Waals surface area contributed by atoms with Gasteiger partial charge in [0.15, 0.2) is 0 Å². The minimum Gasteiger partial charge on any atom is -0.491 e. The van der Waals surface area contributed by atoms with Gasteiger partial charge in [-0.2, -0.15) is 0 Å². The van der Waals surface area contributed by atoms with Crippen LogP contribution in [0.2, 0.25) is 5.15 Å². The minimum absolute atomic E-state index is 0.000613. The Bertz CT molecular complexity index is 265. The smallest absolute Gasteiger partial charge is 0.135 e. The number of hydrogen-bond donors (Lipinski definition) is 1. The Morgan fingerprint density at radius 2 is 2.42 bits per heavy atom. The maximum absolute atomic E-state index is 8.51. The summed E-state index contributed by atoms with van der Waals surface area (Å²) < 4.78 is 5.19. The van der Waals surface area contributed by atoms with Gasteiger partial charge in [-0.25, -0.2) is 4.98 Å². The van der Waals surface area contributed by atoms with Gasteiger partial charge in [-0.15, -0.1) is 0 Å². The fraction of sp³-hybridized carbons (Fsp3) is 0.375. The number of rotatable bonds is 3. The molecule has 1 heterocycles. The molecule has 0 amide bonds. The summed E-state index contributed by atoms with van der Waals surface area (Å²) >= 11 is 5.74. The van der Waals surface area contributed by atoms with E-state index in [4.69, 9.17) is 21.4 Å². The highest BCUT2D eigenvalue weighted by Gasteiger charge is 2.02. The second kappa shape index (κ2) is 4.28. The van der Waals surface area contributed by atoms with E-state index in [1.807, 2.05) is 6.92 Å². The highest BCUT2D eigenvalue weighted by Crippen LogP contribution is 2.22. The number of nitrogens with zero attached hydrogens (tertiary/aromatic N) is 1. The third-order valence-electron chi connectivity index (χ3n) is 1.44. The molecule has 0 fully saturated rings. The number of hydrogen-bond acceptors (Lipinski definition) is 3. The third kappa shape index (κ3) is 2.09. The van der Waals surface area contributed by atoms with Crippen LogP contribution in [0.4, 0.5) is 0 Å². The first-order valence-electron chi connectivity index (χ1n) is 3.60. The van der Waals surface area contributed by atoms with Gasteiger partial charge in [0, 0.05) is 11.8 Å². The van der Waals surface area contributed by atoms with Gasteiger partial charge in [-0.05, 0) is 13.0 Å². The monoisotopic (exact) mass is 187 g/mol. The average Bonchev–Trinajstić information content (AvgIpc) is 2.08. The van der Waals surface area contributed by atoms with E-state index in [2.05, 4.69) is 4.98 Å². The Morgan fingerprint density at radius 3 is 3.08 bits per heavy atom. The van der Waals surface area contributed by atoms with Crippen LogP contribution in [0, 0.1) is 6.92 Å². The van der Waals surface area contributed by atoms with E-state index in [-0.39, 0.29) is 13.2 Å². The number of ether oxygens (including phenoxy) is 1. The van der Waals surface area contributed by atoms with Crippen molar-refractivity contribution in [3.63, 3.8) is 0 Å². The summed E-state index contributed by atoms with van der Waals surface area (Å²) in [5.74, 6) is 0.670. The molecule has 0 atom stereocenters. The summed E-state index contributed by atoms with van der Waals surface area (Å²) in [5.41, 5.74) is 0.799. The molecule has 0 spiro atoms. The fourth-order valence-corrected chi connectivity index (χ4v) is 0.955. The number of aromatic nitrogens is 1. The lowest BCUT2D eigenvalue weighted by molar-refractivity contribution is 0.200.